The molecule has 3 rings (SSSR count). The first-order valence-electron chi connectivity index (χ1n) is 7.90. The van der Waals surface area contributed by atoms with Crippen molar-refractivity contribution in [1.82, 2.24) is 20.2 Å². The molecule has 6 heteroatoms. The topological polar surface area (TPSA) is 64.9 Å². The molecule has 0 unspecified atom stereocenters. The van der Waals surface area contributed by atoms with E-state index < -0.39 is 0 Å². The van der Waals surface area contributed by atoms with Gasteiger partial charge in [-0.15, -0.1) is 5.10 Å². The number of nitrogens with one attached hydrogen (secondary N) is 1. The summed E-state index contributed by atoms with van der Waals surface area (Å²) in [6.07, 6.45) is 1.66. The minimum Gasteiger partial charge on any atom is -0.379 e. The highest BCUT2D eigenvalue weighted by Crippen LogP contribution is 2.24. The molecule has 124 valence electrons. The van der Waals surface area contributed by atoms with Crippen LogP contribution in [-0.2, 0) is 4.74 Å². The molecule has 0 bridgehead atoms. The average Bonchev–Trinajstić information content (AvgIpc) is 3.16. The summed E-state index contributed by atoms with van der Waals surface area (Å²) >= 11 is 0. The normalized spacial score (nSPS) is 13.5. The van der Waals surface area contributed by atoms with Gasteiger partial charge >= 0.3 is 0 Å². The molecule has 0 aliphatic rings. The van der Waals surface area contributed by atoms with Gasteiger partial charge in [0.1, 0.15) is 6.33 Å². The zero-order chi connectivity index (χ0) is 16.9. The molecule has 0 aliphatic heterocycles. The quantitative estimate of drug-likeness (QED) is 0.751. The Balaban J connectivity index is 1.72. The van der Waals surface area contributed by atoms with E-state index >= 15 is 0 Å². The second kappa shape index (κ2) is 7.23. The molecule has 0 radical (unpaired) electrons. The van der Waals surface area contributed by atoms with Crippen LogP contribution in [0.3, 0.4) is 0 Å². The number of tetrazole rings is 1. The Labute approximate surface area is 141 Å². The van der Waals surface area contributed by atoms with E-state index in [1.807, 2.05) is 25.1 Å². The van der Waals surface area contributed by atoms with Crippen molar-refractivity contribution in [3.63, 3.8) is 0 Å². The molecule has 24 heavy (non-hydrogen) atoms. The summed E-state index contributed by atoms with van der Waals surface area (Å²) in [4.78, 5) is 0. The molecule has 1 N–H and O–H groups in total. The van der Waals surface area contributed by atoms with Gasteiger partial charge < -0.3 is 10.1 Å². The van der Waals surface area contributed by atoms with Crippen LogP contribution >= 0.6 is 0 Å². The average molecular weight is 323 g/mol. The Kier molecular flexibility index (Phi) is 4.86. The summed E-state index contributed by atoms with van der Waals surface area (Å²) < 4.78 is 7.02. The van der Waals surface area contributed by atoms with E-state index in [1.54, 1.807) is 18.1 Å². The standard InChI is InChI=1S/C18H21N5O/c1-13(20-17-6-4-5-16(11-17)14(2)24-3)15-7-9-18(10-8-15)23-12-19-21-22-23/h4-14,20H,1-3H3/t13-,14+/m1/s1. The number of aromatic nitrogens is 4. The van der Waals surface area contributed by atoms with Crippen LogP contribution in [0.1, 0.15) is 37.1 Å². The van der Waals surface area contributed by atoms with Crippen LogP contribution in [0.4, 0.5) is 5.69 Å². The zero-order valence-electron chi connectivity index (χ0n) is 14.0. The highest BCUT2D eigenvalue weighted by molar-refractivity contribution is 5.48. The Morgan fingerprint density at radius 3 is 2.50 bits per heavy atom. The number of hydrogen-bond donors (Lipinski definition) is 1. The maximum atomic E-state index is 5.38. The van der Waals surface area contributed by atoms with Gasteiger partial charge in [-0.2, -0.15) is 0 Å². The molecule has 0 spiro atoms. The van der Waals surface area contributed by atoms with Gasteiger partial charge in [-0.05, 0) is 59.7 Å². The fourth-order valence-corrected chi connectivity index (χ4v) is 2.55. The molecule has 2 aromatic carbocycles. The number of benzene rings is 2. The highest BCUT2D eigenvalue weighted by atomic mass is 16.5. The molecule has 0 amide bonds. The van der Waals surface area contributed by atoms with Crippen LogP contribution in [0, 0.1) is 0 Å². The minimum atomic E-state index is 0.0811. The Morgan fingerprint density at radius 2 is 1.83 bits per heavy atom. The number of anilines is 1. The Bertz CT molecular complexity index is 770. The third-order valence-electron chi connectivity index (χ3n) is 4.10. The number of hydrogen-bond acceptors (Lipinski definition) is 5. The largest absolute Gasteiger partial charge is 0.379 e. The van der Waals surface area contributed by atoms with Gasteiger partial charge in [0.05, 0.1) is 11.8 Å². The Morgan fingerprint density at radius 1 is 1.04 bits per heavy atom. The van der Waals surface area contributed by atoms with E-state index in [1.165, 1.54) is 5.56 Å². The lowest BCUT2D eigenvalue weighted by atomic mass is 10.1. The zero-order valence-corrected chi connectivity index (χ0v) is 14.0. The number of ether oxygens (including phenoxy) is 1. The lowest BCUT2D eigenvalue weighted by molar-refractivity contribution is 0.119. The molecule has 1 aromatic heterocycles. The molecular weight excluding hydrogens is 302 g/mol. The monoisotopic (exact) mass is 323 g/mol. The summed E-state index contributed by atoms with van der Waals surface area (Å²) in [6, 6.07) is 16.7. The first-order chi connectivity index (χ1) is 11.7. The first kappa shape index (κ1) is 16.1. The second-order valence-electron chi connectivity index (χ2n) is 5.72. The van der Waals surface area contributed by atoms with Crippen molar-refractivity contribution in [3.8, 4) is 5.69 Å². The molecule has 3 aromatic rings. The molecule has 1 heterocycles. The van der Waals surface area contributed by atoms with Crippen LogP contribution in [0.2, 0.25) is 0 Å². The van der Waals surface area contributed by atoms with Crippen molar-refractivity contribution in [2.24, 2.45) is 0 Å². The van der Waals surface area contributed by atoms with E-state index in [0.29, 0.717) is 0 Å². The SMILES string of the molecule is CO[C@@H](C)c1cccc(N[C@H](C)c2ccc(-n3cnnn3)cc2)c1. The second-order valence-corrected chi connectivity index (χ2v) is 5.72. The summed E-state index contributed by atoms with van der Waals surface area (Å²) in [5.74, 6) is 0. The number of nitrogens with zero attached hydrogens (tertiary/aromatic N) is 4. The fraction of sp³-hybridized carbons (Fsp3) is 0.278. The van der Waals surface area contributed by atoms with Crippen molar-refractivity contribution in [3.05, 3.63) is 66.0 Å². The highest BCUT2D eigenvalue weighted by Gasteiger charge is 2.08. The van der Waals surface area contributed by atoms with Crippen molar-refractivity contribution in [1.29, 1.82) is 0 Å². The van der Waals surface area contributed by atoms with Crippen molar-refractivity contribution in [2.75, 3.05) is 12.4 Å². The molecular formula is C18H21N5O. The third kappa shape index (κ3) is 3.60. The summed E-state index contributed by atoms with van der Waals surface area (Å²) in [5, 5.41) is 14.7. The molecule has 0 aliphatic carbocycles. The van der Waals surface area contributed by atoms with Crippen molar-refractivity contribution in [2.45, 2.75) is 26.0 Å². The van der Waals surface area contributed by atoms with Crippen LogP contribution in [-0.4, -0.2) is 27.3 Å². The van der Waals surface area contributed by atoms with Crippen LogP contribution in [0.15, 0.2) is 54.9 Å². The lowest BCUT2D eigenvalue weighted by Crippen LogP contribution is -2.07. The van der Waals surface area contributed by atoms with E-state index in [0.717, 1.165) is 16.9 Å². The van der Waals surface area contributed by atoms with Gasteiger partial charge in [-0.3, -0.25) is 0 Å². The summed E-state index contributed by atoms with van der Waals surface area (Å²) in [7, 11) is 1.72. The van der Waals surface area contributed by atoms with Gasteiger partial charge in [0.15, 0.2) is 0 Å². The van der Waals surface area contributed by atoms with Gasteiger partial charge in [-0.25, -0.2) is 4.68 Å². The molecule has 0 saturated heterocycles. The summed E-state index contributed by atoms with van der Waals surface area (Å²) in [6.45, 7) is 4.18. The Hall–Kier alpha value is -2.73. The van der Waals surface area contributed by atoms with Gasteiger partial charge in [-0.1, -0.05) is 24.3 Å². The predicted octanol–water partition coefficient (Wildman–Crippen LogP) is 3.54. The minimum absolute atomic E-state index is 0.0811. The van der Waals surface area contributed by atoms with Gasteiger partial charge in [0, 0.05) is 18.8 Å². The van der Waals surface area contributed by atoms with Crippen LogP contribution < -0.4 is 5.32 Å². The van der Waals surface area contributed by atoms with Crippen molar-refractivity contribution >= 4 is 5.69 Å². The predicted molar refractivity (Wildman–Crippen MR) is 93.1 cm³/mol. The maximum Gasteiger partial charge on any atom is 0.143 e. The number of rotatable bonds is 6. The van der Waals surface area contributed by atoms with E-state index in [9.17, 15) is 0 Å². The molecule has 0 fully saturated rings. The van der Waals surface area contributed by atoms with Crippen LogP contribution in [0.25, 0.3) is 5.69 Å². The molecule has 2 atom stereocenters. The van der Waals surface area contributed by atoms with E-state index in [2.05, 4.69) is 58.1 Å². The fourth-order valence-electron chi connectivity index (χ4n) is 2.55. The van der Waals surface area contributed by atoms with E-state index in [-0.39, 0.29) is 12.1 Å². The molecule has 0 saturated carbocycles. The van der Waals surface area contributed by atoms with Gasteiger partial charge in [0.25, 0.3) is 0 Å². The van der Waals surface area contributed by atoms with Crippen LogP contribution in [0.5, 0.6) is 0 Å². The number of methoxy groups -OCH3 is 1. The first-order valence-corrected chi connectivity index (χ1v) is 7.90. The van der Waals surface area contributed by atoms with Crippen molar-refractivity contribution < 1.29 is 4.74 Å². The third-order valence-corrected chi connectivity index (χ3v) is 4.10. The maximum absolute atomic E-state index is 5.38. The van der Waals surface area contributed by atoms with Gasteiger partial charge in [0.2, 0.25) is 0 Å². The summed E-state index contributed by atoms with van der Waals surface area (Å²) in [5.41, 5.74) is 4.36. The van der Waals surface area contributed by atoms with E-state index in [4.69, 9.17) is 4.74 Å². The lowest BCUT2D eigenvalue weighted by Gasteiger charge is -2.18. The molecule has 6 nitrogen and oxygen atoms in total. The smallest absolute Gasteiger partial charge is 0.143 e.